The number of aryl methyl sites for hydroxylation is 1. The molecule has 1 atom stereocenters. The minimum Gasteiger partial charge on any atom is -0.383 e. The predicted octanol–water partition coefficient (Wildman–Crippen LogP) is 2.88. The summed E-state index contributed by atoms with van der Waals surface area (Å²) in [5.41, 5.74) is 1.25. The molecule has 0 spiro atoms. The van der Waals surface area contributed by atoms with Crippen LogP contribution in [0.4, 0.5) is 4.79 Å². The molecule has 2 aromatic rings. The van der Waals surface area contributed by atoms with Crippen LogP contribution in [0.5, 0.6) is 0 Å². The number of thiophene rings is 1. The van der Waals surface area contributed by atoms with Gasteiger partial charge in [0.15, 0.2) is 0 Å². The lowest BCUT2D eigenvalue weighted by Gasteiger charge is -2.27. The Balaban J connectivity index is 1.70. The van der Waals surface area contributed by atoms with Gasteiger partial charge in [0.05, 0.1) is 12.0 Å². The van der Waals surface area contributed by atoms with Gasteiger partial charge in [0, 0.05) is 37.5 Å². The number of carbonyl (C=O) groups is 1. The Bertz CT molecular complexity index is 736. The maximum absolute atomic E-state index is 12.4. The first-order valence-corrected chi connectivity index (χ1v) is 9.28. The lowest BCUT2D eigenvalue weighted by molar-refractivity contribution is 0.149. The van der Waals surface area contributed by atoms with Crippen molar-refractivity contribution in [2.45, 2.75) is 32.2 Å². The normalized spacial score (nSPS) is 16.9. The number of carbonyl (C=O) groups excluding carboxylic acids is 1. The third-order valence-electron chi connectivity index (χ3n) is 4.36. The molecule has 130 valence electrons. The molecule has 0 aromatic carbocycles. The lowest BCUT2D eigenvalue weighted by Crippen LogP contribution is -2.47. The number of methoxy groups -OCH3 is 1. The van der Waals surface area contributed by atoms with E-state index >= 15 is 0 Å². The van der Waals surface area contributed by atoms with E-state index in [1.54, 1.807) is 23.3 Å². The Morgan fingerprint density at radius 3 is 3.12 bits per heavy atom. The highest BCUT2D eigenvalue weighted by Crippen LogP contribution is 2.37. The summed E-state index contributed by atoms with van der Waals surface area (Å²) in [5.74, 6) is 0. The number of ether oxygens (including phenoxy) is 1. The Hall–Kier alpha value is -1.44. The Morgan fingerprint density at radius 1 is 1.54 bits per heavy atom. The highest BCUT2D eigenvalue weighted by atomic mass is 35.5. The van der Waals surface area contributed by atoms with Crippen LogP contribution >= 0.6 is 22.9 Å². The molecule has 1 aliphatic rings. The number of nitrogens with zero attached hydrogens (tertiary/aromatic N) is 3. The fraction of sp³-hybridized carbons (Fsp3) is 0.562. The van der Waals surface area contributed by atoms with E-state index in [9.17, 15) is 4.79 Å². The summed E-state index contributed by atoms with van der Waals surface area (Å²) in [4.78, 5) is 24.8. The molecular formula is C16H21ClN4O2S. The molecule has 2 aromatic heterocycles. The summed E-state index contributed by atoms with van der Waals surface area (Å²) in [6.07, 6.45) is 4.11. The average Bonchev–Trinajstić information content (AvgIpc) is 2.94. The number of rotatable bonds is 5. The molecule has 0 saturated carbocycles. The molecule has 0 radical (unpaired) electrons. The van der Waals surface area contributed by atoms with E-state index in [0.717, 1.165) is 29.5 Å². The topological polar surface area (TPSA) is 67.3 Å². The Morgan fingerprint density at radius 2 is 2.38 bits per heavy atom. The zero-order valence-electron chi connectivity index (χ0n) is 13.8. The van der Waals surface area contributed by atoms with Crippen molar-refractivity contribution in [1.29, 1.82) is 0 Å². The van der Waals surface area contributed by atoms with E-state index in [1.807, 2.05) is 6.92 Å². The van der Waals surface area contributed by atoms with E-state index in [1.165, 1.54) is 16.8 Å². The lowest BCUT2D eigenvalue weighted by atomic mass is 9.93. The van der Waals surface area contributed by atoms with Crippen molar-refractivity contribution in [3.8, 4) is 0 Å². The molecule has 2 heterocycles. The Kier molecular flexibility index (Phi) is 5.53. The molecule has 0 aliphatic heterocycles. The van der Waals surface area contributed by atoms with Crippen molar-refractivity contribution < 1.29 is 9.53 Å². The van der Waals surface area contributed by atoms with Gasteiger partial charge in [0.1, 0.15) is 16.3 Å². The molecule has 2 amide bonds. The van der Waals surface area contributed by atoms with Crippen LogP contribution in [0, 0.1) is 0 Å². The number of aromatic nitrogens is 2. The molecule has 6 nitrogen and oxygen atoms in total. The van der Waals surface area contributed by atoms with Gasteiger partial charge in [-0.3, -0.25) is 0 Å². The maximum atomic E-state index is 12.4. The van der Waals surface area contributed by atoms with Crippen LogP contribution in [-0.4, -0.2) is 53.7 Å². The van der Waals surface area contributed by atoms with Crippen molar-refractivity contribution in [3.63, 3.8) is 0 Å². The van der Waals surface area contributed by atoms with E-state index in [0.29, 0.717) is 24.8 Å². The summed E-state index contributed by atoms with van der Waals surface area (Å²) >= 11 is 7.88. The van der Waals surface area contributed by atoms with Crippen LogP contribution in [0.2, 0.25) is 5.15 Å². The number of urea groups is 1. The van der Waals surface area contributed by atoms with Crippen molar-refractivity contribution in [3.05, 3.63) is 21.9 Å². The molecule has 8 heteroatoms. The monoisotopic (exact) mass is 368 g/mol. The fourth-order valence-corrected chi connectivity index (χ4v) is 4.64. The van der Waals surface area contributed by atoms with Crippen LogP contribution in [0.25, 0.3) is 10.2 Å². The predicted molar refractivity (Wildman–Crippen MR) is 95.9 cm³/mol. The fourth-order valence-electron chi connectivity index (χ4n) is 3.07. The zero-order chi connectivity index (χ0) is 17.1. The third-order valence-corrected chi connectivity index (χ3v) is 5.81. The quantitative estimate of drug-likeness (QED) is 0.824. The number of fused-ring (bicyclic) bond motifs is 3. The number of amides is 2. The highest BCUT2D eigenvalue weighted by molar-refractivity contribution is 7.19. The van der Waals surface area contributed by atoms with Gasteiger partial charge in [-0.2, -0.15) is 0 Å². The molecule has 0 saturated heterocycles. The van der Waals surface area contributed by atoms with Gasteiger partial charge in [-0.25, -0.2) is 14.8 Å². The number of nitrogens with one attached hydrogen (secondary N) is 1. The van der Waals surface area contributed by atoms with Crippen LogP contribution in [0.1, 0.15) is 23.8 Å². The second-order valence-corrected chi connectivity index (χ2v) is 7.25. The van der Waals surface area contributed by atoms with Gasteiger partial charge in [-0.15, -0.1) is 11.3 Å². The first-order chi connectivity index (χ1) is 11.6. The van der Waals surface area contributed by atoms with Crippen LogP contribution in [0.15, 0.2) is 6.33 Å². The minimum absolute atomic E-state index is 0.0260. The van der Waals surface area contributed by atoms with Crippen molar-refractivity contribution in [2.75, 3.05) is 26.8 Å². The molecule has 1 N–H and O–H groups in total. The number of hydrogen-bond donors (Lipinski definition) is 1. The molecule has 1 unspecified atom stereocenters. The molecule has 24 heavy (non-hydrogen) atoms. The summed E-state index contributed by atoms with van der Waals surface area (Å²) in [6, 6.07) is 0.114. The van der Waals surface area contributed by atoms with Gasteiger partial charge in [-0.05, 0) is 25.3 Å². The minimum atomic E-state index is -0.0260. The van der Waals surface area contributed by atoms with E-state index in [2.05, 4.69) is 15.3 Å². The first kappa shape index (κ1) is 17.4. The number of likely N-dealkylation sites (N-methyl/N-ethyl adjacent to an activating group) is 1. The second kappa shape index (κ2) is 7.63. The maximum Gasteiger partial charge on any atom is 0.317 e. The average molecular weight is 369 g/mol. The smallest absolute Gasteiger partial charge is 0.317 e. The van der Waals surface area contributed by atoms with Crippen LogP contribution < -0.4 is 5.32 Å². The summed E-state index contributed by atoms with van der Waals surface area (Å²) < 4.78 is 5.06. The zero-order valence-corrected chi connectivity index (χ0v) is 15.4. The van der Waals surface area contributed by atoms with Gasteiger partial charge in [0.25, 0.3) is 0 Å². The second-order valence-electron chi connectivity index (χ2n) is 5.81. The molecular weight excluding hydrogens is 348 g/mol. The van der Waals surface area contributed by atoms with Gasteiger partial charge in [0.2, 0.25) is 0 Å². The number of hydrogen-bond acceptors (Lipinski definition) is 5. The standard InChI is InChI=1S/C16H21ClN4O2S/c1-3-21(6-7-23-2)16(22)20-10-4-5-11-12(8-10)24-15-13(11)14(17)18-9-19-15/h9-10H,3-8H2,1-2H3,(H,20,22). The molecule has 0 bridgehead atoms. The molecule has 3 rings (SSSR count). The largest absolute Gasteiger partial charge is 0.383 e. The Labute approximate surface area is 150 Å². The SMILES string of the molecule is CCN(CCOC)C(=O)NC1CCc2c(sc3ncnc(Cl)c23)C1. The van der Waals surface area contributed by atoms with Crippen LogP contribution in [-0.2, 0) is 17.6 Å². The van der Waals surface area contributed by atoms with Gasteiger partial charge < -0.3 is 15.0 Å². The molecule has 1 aliphatic carbocycles. The van der Waals surface area contributed by atoms with Crippen LogP contribution in [0.3, 0.4) is 0 Å². The third kappa shape index (κ3) is 3.48. The number of halogens is 1. The molecule has 0 fully saturated rings. The summed E-state index contributed by atoms with van der Waals surface area (Å²) in [6.45, 7) is 3.79. The summed E-state index contributed by atoms with van der Waals surface area (Å²) in [5, 5.41) is 4.66. The highest BCUT2D eigenvalue weighted by Gasteiger charge is 2.26. The van der Waals surface area contributed by atoms with E-state index < -0.39 is 0 Å². The van der Waals surface area contributed by atoms with Gasteiger partial charge >= 0.3 is 6.03 Å². The first-order valence-electron chi connectivity index (χ1n) is 8.09. The van der Waals surface area contributed by atoms with Crippen molar-refractivity contribution in [1.82, 2.24) is 20.2 Å². The summed E-state index contributed by atoms with van der Waals surface area (Å²) in [7, 11) is 1.64. The van der Waals surface area contributed by atoms with E-state index in [4.69, 9.17) is 16.3 Å². The van der Waals surface area contributed by atoms with Gasteiger partial charge in [-0.1, -0.05) is 11.6 Å². The van der Waals surface area contributed by atoms with Crippen molar-refractivity contribution >= 4 is 39.2 Å². The van der Waals surface area contributed by atoms with Crippen molar-refractivity contribution in [2.24, 2.45) is 0 Å². The van der Waals surface area contributed by atoms with E-state index in [-0.39, 0.29) is 12.1 Å².